The molecule has 116 valence electrons. The summed E-state index contributed by atoms with van der Waals surface area (Å²) in [6.07, 6.45) is -2.29. The minimum absolute atomic E-state index is 0.134. The maximum absolute atomic E-state index is 13.1. The number of non-ortho nitro benzene ring substituents is 1. The summed E-state index contributed by atoms with van der Waals surface area (Å²) in [6.45, 7) is 2.36. The van der Waals surface area contributed by atoms with Gasteiger partial charge in [-0.3, -0.25) is 10.1 Å². The molecule has 2 rings (SSSR count). The second kappa shape index (κ2) is 6.31. The van der Waals surface area contributed by atoms with Gasteiger partial charge < -0.3 is 15.8 Å². The Bertz CT molecular complexity index is 525. The summed E-state index contributed by atoms with van der Waals surface area (Å²) < 4.78 is 31.6. The Morgan fingerprint density at radius 2 is 2.29 bits per heavy atom. The largest absolute Gasteiger partial charge is 0.378 e. The van der Waals surface area contributed by atoms with E-state index in [-0.39, 0.29) is 29.6 Å². The van der Waals surface area contributed by atoms with E-state index in [1.165, 1.54) is 12.1 Å². The number of anilines is 1. The Morgan fingerprint density at radius 3 is 2.81 bits per heavy atom. The fourth-order valence-corrected chi connectivity index (χ4v) is 2.38. The molecule has 3 unspecified atom stereocenters. The molecule has 0 heterocycles. The van der Waals surface area contributed by atoms with Crippen LogP contribution < -0.4 is 11.1 Å². The minimum atomic E-state index is -2.81. The molecule has 21 heavy (non-hydrogen) atoms. The first kappa shape index (κ1) is 15.6. The highest BCUT2D eigenvalue weighted by molar-refractivity contribution is 5.57. The van der Waals surface area contributed by atoms with Crippen LogP contribution in [0.15, 0.2) is 18.2 Å². The second-order valence-corrected chi connectivity index (χ2v) is 4.89. The third-order valence-electron chi connectivity index (χ3n) is 3.55. The van der Waals surface area contributed by atoms with Crippen LogP contribution >= 0.6 is 0 Å². The van der Waals surface area contributed by atoms with E-state index in [1.807, 2.05) is 6.92 Å². The van der Waals surface area contributed by atoms with Crippen LogP contribution in [0.2, 0.25) is 0 Å². The van der Waals surface area contributed by atoms with Crippen LogP contribution in [0, 0.1) is 10.1 Å². The Hall–Kier alpha value is -1.80. The second-order valence-electron chi connectivity index (χ2n) is 4.89. The van der Waals surface area contributed by atoms with Gasteiger partial charge in [-0.05, 0) is 19.4 Å². The number of ether oxygens (including phenoxy) is 1. The molecule has 0 aromatic heterocycles. The summed E-state index contributed by atoms with van der Waals surface area (Å²) in [4.78, 5) is 9.97. The Kier molecular flexibility index (Phi) is 4.69. The van der Waals surface area contributed by atoms with Crippen molar-refractivity contribution < 1.29 is 18.4 Å². The van der Waals surface area contributed by atoms with Crippen molar-refractivity contribution in [2.75, 3.05) is 11.9 Å². The van der Waals surface area contributed by atoms with Crippen molar-refractivity contribution in [3.63, 3.8) is 0 Å². The molecule has 0 saturated heterocycles. The molecule has 0 bridgehead atoms. The molecule has 0 spiro atoms. The molecule has 1 saturated carbocycles. The molecule has 3 N–H and O–H groups in total. The molecule has 1 aliphatic rings. The lowest BCUT2D eigenvalue weighted by atomic mass is 9.83. The average molecular weight is 301 g/mol. The van der Waals surface area contributed by atoms with Crippen molar-refractivity contribution in [2.45, 2.75) is 38.0 Å². The van der Waals surface area contributed by atoms with Crippen molar-refractivity contribution in [1.29, 1.82) is 0 Å². The van der Waals surface area contributed by atoms with Gasteiger partial charge in [0.25, 0.3) is 12.1 Å². The first-order valence-corrected chi connectivity index (χ1v) is 6.64. The van der Waals surface area contributed by atoms with E-state index in [1.54, 1.807) is 0 Å². The third-order valence-corrected chi connectivity index (χ3v) is 3.55. The fraction of sp³-hybridized carbons (Fsp3) is 0.538. The molecule has 1 aliphatic carbocycles. The topological polar surface area (TPSA) is 90.4 Å². The number of hydrogen-bond acceptors (Lipinski definition) is 5. The number of rotatable bonds is 6. The van der Waals surface area contributed by atoms with E-state index >= 15 is 0 Å². The Morgan fingerprint density at radius 1 is 1.57 bits per heavy atom. The van der Waals surface area contributed by atoms with Crippen molar-refractivity contribution in [3.8, 4) is 0 Å². The van der Waals surface area contributed by atoms with Crippen LogP contribution in [0.1, 0.15) is 25.3 Å². The lowest BCUT2D eigenvalue weighted by Gasteiger charge is -2.43. The molecule has 3 atom stereocenters. The molecule has 8 heteroatoms. The number of nitro benzene ring substituents is 1. The maximum Gasteiger partial charge on any atom is 0.270 e. The van der Waals surface area contributed by atoms with E-state index in [9.17, 15) is 18.9 Å². The standard InChI is InChI=1S/C13H17F2N3O3/c1-2-21-11-6-9(16)12(11)17-10-4-3-7(18(19)20)5-8(10)13(14)15/h3-5,9,11-13,17H,2,6,16H2,1H3. The predicted octanol–water partition coefficient (Wildman–Crippen LogP) is 2.45. The van der Waals surface area contributed by atoms with E-state index < -0.39 is 16.9 Å². The van der Waals surface area contributed by atoms with Crippen molar-refractivity contribution in [1.82, 2.24) is 0 Å². The summed E-state index contributed by atoms with van der Waals surface area (Å²) in [5, 5.41) is 13.6. The highest BCUT2D eigenvalue weighted by atomic mass is 19.3. The summed E-state index contributed by atoms with van der Waals surface area (Å²) in [6, 6.07) is 2.89. The average Bonchev–Trinajstić information content (AvgIpc) is 2.44. The van der Waals surface area contributed by atoms with E-state index in [2.05, 4.69) is 5.32 Å². The van der Waals surface area contributed by atoms with Gasteiger partial charge >= 0.3 is 0 Å². The van der Waals surface area contributed by atoms with Gasteiger partial charge in [-0.25, -0.2) is 8.78 Å². The Balaban J connectivity index is 2.21. The Labute approximate surface area is 120 Å². The molecule has 1 fully saturated rings. The zero-order valence-corrected chi connectivity index (χ0v) is 11.5. The van der Waals surface area contributed by atoms with Gasteiger partial charge in [-0.15, -0.1) is 0 Å². The molecule has 0 aliphatic heterocycles. The molecular weight excluding hydrogens is 284 g/mol. The minimum Gasteiger partial charge on any atom is -0.378 e. The van der Waals surface area contributed by atoms with Crippen LogP contribution in [0.3, 0.4) is 0 Å². The van der Waals surface area contributed by atoms with Gasteiger partial charge in [0.1, 0.15) is 0 Å². The summed E-state index contributed by atoms with van der Waals surface area (Å²) in [5.41, 5.74) is 5.24. The smallest absolute Gasteiger partial charge is 0.270 e. The van der Waals surface area contributed by atoms with Gasteiger partial charge in [-0.1, -0.05) is 0 Å². The monoisotopic (exact) mass is 301 g/mol. The van der Waals surface area contributed by atoms with Gasteiger partial charge in [0.2, 0.25) is 0 Å². The van der Waals surface area contributed by atoms with E-state index in [0.717, 1.165) is 6.07 Å². The normalized spacial score (nSPS) is 24.7. The van der Waals surface area contributed by atoms with Crippen molar-refractivity contribution in [3.05, 3.63) is 33.9 Å². The number of alkyl halides is 2. The first-order chi connectivity index (χ1) is 9.93. The highest BCUT2D eigenvalue weighted by Crippen LogP contribution is 2.34. The molecule has 6 nitrogen and oxygen atoms in total. The molecular formula is C13H17F2N3O3. The fourth-order valence-electron chi connectivity index (χ4n) is 2.38. The van der Waals surface area contributed by atoms with E-state index in [0.29, 0.717) is 13.0 Å². The van der Waals surface area contributed by atoms with Crippen LogP contribution in [-0.4, -0.2) is 29.7 Å². The zero-order valence-electron chi connectivity index (χ0n) is 11.5. The van der Waals surface area contributed by atoms with E-state index in [4.69, 9.17) is 10.5 Å². The zero-order chi connectivity index (χ0) is 15.6. The van der Waals surface area contributed by atoms with Crippen LogP contribution in [-0.2, 0) is 4.74 Å². The number of halogens is 2. The lowest BCUT2D eigenvalue weighted by Crippen LogP contribution is -2.60. The maximum atomic E-state index is 13.1. The third kappa shape index (κ3) is 3.27. The van der Waals surface area contributed by atoms with Gasteiger partial charge in [-0.2, -0.15) is 0 Å². The SMILES string of the molecule is CCOC1CC(N)C1Nc1ccc([N+](=O)[O-])cc1C(F)F. The number of hydrogen-bond donors (Lipinski definition) is 2. The van der Waals surface area contributed by atoms with Crippen molar-refractivity contribution in [2.24, 2.45) is 5.73 Å². The van der Waals surface area contributed by atoms with Crippen LogP contribution in [0.25, 0.3) is 0 Å². The highest BCUT2D eigenvalue weighted by Gasteiger charge is 2.40. The number of nitrogens with two attached hydrogens (primary N) is 1. The quantitative estimate of drug-likeness (QED) is 0.622. The summed E-state index contributed by atoms with van der Waals surface area (Å²) >= 11 is 0. The molecule has 0 radical (unpaired) electrons. The van der Waals surface area contributed by atoms with Gasteiger partial charge in [0, 0.05) is 36.0 Å². The number of nitrogens with zero attached hydrogens (tertiary/aromatic N) is 1. The van der Waals surface area contributed by atoms with Gasteiger partial charge in [0.15, 0.2) is 0 Å². The number of nitrogens with one attached hydrogen (secondary N) is 1. The summed E-state index contributed by atoms with van der Waals surface area (Å²) in [5.74, 6) is 0. The van der Waals surface area contributed by atoms with Crippen LogP contribution in [0.4, 0.5) is 20.2 Å². The first-order valence-electron chi connectivity index (χ1n) is 6.64. The number of nitro groups is 1. The lowest BCUT2D eigenvalue weighted by molar-refractivity contribution is -0.385. The van der Waals surface area contributed by atoms with Gasteiger partial charge in [0.05, 0.1) is 17.1 Å². The number of benzene rings is 1. The predicted molar refractivity (Wildman–Crippen MR) is 73.5 cm³/mol. The summed E-state index contributed by atoms with van der Waals surface area (Å²) in [7, 11) is 0. The van der Waals surface area contributed by atoms with Crippen LogP contribution in [0.5, 0.6) is 0 Å². The molecule has 0 amide bonds. The molecule has 1 aromatic rings. The van der Waals surface area contributed by atoms with Crippen molar-refractivity contribution >= 4 is 11.4 Å². The molecule has 1 aromatic carbocycles.